The Morgan fingerprint density at radius 2 is 1.80 bits per heavy atom. The number of hydrogen-bond acceptors (Lipinski definition) is 6. The van der Waals surface area contributed by atoms with Gasteiger partial charge in [0.25, 0.3) is 0 Å². The number of rotatable bonds is 6. The number of hydrogen-bond donors (Lipinski definition) is 0. The largest absolute Gasteiger partial charge is 0.454 e. The summed E-state index contributed by atoms with van der Waals surface area (Å²) in [7, 11) is 0. The normalized spacial score (nSPS) is 10.5. The zero-order valence-corrected chi connectivity index (χ0v) is 14.1. The minimum atomic E-state index is -0.0985. The highest BCUT2D eigenvalue weighted by molar-refractivity contribution is 5.95. The van der Waals surface area contributed by atoms with Gasteiger partial charge >= 0.3 is 0 Å². The van der Waals surface area contributed by atoms with Crippen LogP contribution in [0.2, 0.25) is 0 Å². The number of aromatic nitrogens is 4. The van der Waals surface area contributed by atoms with Gasteiger partial charge in [-0.05, 0) is 25.5 Å². The molecule has 3 heterocycles. The smallest absolute Gasteiger partial charge is 0.187 e. The van der Waals surface area contributed by atoms with E-state index in [9.17, 15) is 4.79 Å². The Bertz CT molecular complexity index is 882. The Kier molecular flexibility index (Phi) is 5.09. The molecule has 0 aliphatic rings. The summed E-state index contributed by atoms with van der Waals surface area (Å²) in [5, 5.41) is 0. The molecule has 0 unspecified atom stereocenters. The molecule has 0 aliphatic carbocycles. The Morgan fingerprint density at radius 3 is 2.56 bits per heavy atom. The highest BCUT2D eigenvalue weighted by Gasteiger charge is 2.13. The molecule has 0 saturated carbocycles. The fraction of sp³-hybridized carbons (Fsp3) is 0.211. The summed E-state index contributed by atoms with van der Waals surface area (Å²) in [6, 6.07) is 9.12. The summed E-state index contributed by atoms with van der Waals surface area (Å²) in [6.45, 7) is 3.86. The van der Waals surface area contributed by atoms with Crippen molar-refractivity contribution in [2.24, 2.45) is 0 Å². The number of Topliss-reactive ketones (excluding diaryl/α,β-unsaturated/α-hetero) is 1. The molecule has 0 fully saturated rings. The van der Waals surface area contributed by atoms with Crippen molar-refractivity contribution in [3.05, 3.63) is 71.8 Å². The van der Waals surface area contributed by atoms with Crippen molar-refractivity contribution in [2.75, 3.05) is 0 Å². The van der Waals surface area contributed by atoms with Gasteiger partial charge in [0.15, 0.2) is 11.5 Å². The van der Waals surface area contributed by atoms with Gasteiger partial charge in [-0.1, -0.05) is 13.0 Å². The molecule has 0 atom stereocenters. The number of nitrogens with zero attached hydrogens (tertiary/aromatic N) is 4. The van der Waals surface area contributed by atoms with E-state index in [1.165, 1.54) is 6.33 Å². The van der Waals surface area contributed by atoms with E-state index >= 15 is 0 Å². The zero-order chi connectivity index (χ0) is 17.6. The van der Waals surface area contributed by atoms with E-state index in [2.05, 4.69) is 19.9 Å². The molecule has 3 rings (SSSR count). The maximum absolute atomic E-state index is 12.6. The van der Waals surface area contributed by atoms with E-state index < -0.39 is 0 Å². The van der Waals surface area contributed by atoms with Crippen LogP contribution < -0.4 is 4.74 Å². The number of ketones is 1. The maximum Gasteiger partial charge on any atom is 0.187 e. The lowest BCUT2D eigenvalue weighted by Crippen LogP contribution is -2.09. The summed E-state index contributed by atoms with van der Waals surface area (Å²) in [5.74, 6) is 0.934. The second-order valence-electron chi connectivity index (χ2n) is 5.58. The van der Waals surface area contributed by atoms with Crippen LogP contribution >= 0.6 is 0 Å². The maximum atomic E-state index is 12.6. The third-order valence-electron chi connectivity index (χ3n) is 3.55. The first-order valence-corrected chi connectivity index (χ1v) is 8.03. The molecular weight excluding hydrogens is 316 g/mol. The molecule has 6 heteroatoms. The number of carbonyl (C=O) groups is 1. The van der Waals surface area contributed by atoms with Crippen LogP contribution in [0.15, 0.2) is 49.1 Å². The molecule has 0 amide bonds. The van der Waals surface area contributed by atoms with Crippen molar-refractivity contribution in [1.82, 2.24) is 19.9 Å². The van der Waals surface area contributed by atoms with Gasteiger partial charge in [-0.25, -0.2) is 15.0 Å². The van der Waals surface area contributed by atoms with Crippen LogP contribution in [-0.2, 0) is 12.8 Å². The summed E-state index contributed by atoms with van der Waals surface area (Å²) in [4.78, 5) is 29.2. The van der Waals surface area contributed by atoms with Crippen molar-refractivity contribution >= 4 is 5.78 Å². The topological polar surface area (TPSA) is 77.9 Å². The lowest BCUT2D eigenvalue weighted by atomic mass is 10.1. The molecule has 3 aromatic heterocycles. The van der Waals surface area contributed by atoms with Gasteiger partial charge < -0.3 is 4.74 Å². The van der Waals surface area contributed by atoms with Crippen molar-refractivity contribution in [3.63, 3.8) is 0 Å². The van der Waals surface area contributed by atoms with Crippen LogP contribution in [0, 0.1) is 6.92 Å². The summed E-state index contributed by atoms with van der Waals surface area (Å²) in [5.41, 5.74) is 2.77. The van der Waals surface area contributed by atoms with E-state index in [1.54, 1.807) is 24.5 Å². The van der Waals surface area contributed by atoms with E-state index in [1.807, 2.05) is 32.0 Å². The molecular formula is C19H18N4O2. The quantitative estimate of drug-likeness (QED) is 0.643. The Labute approximate surface area is 146 Å². The number of carbonyl (C=O) groups excluding carboxylic acids is 1. The van der Waals surface area contributed by atoms with E-state index in [-0.39, 0.29) is 12.2 Å². The predicted molar refractivity (Wildman–Crippen MR) is 92.7 cm³/mol. The van der Waals surface area contributed by atoms with Crippen LogP contribution in [0.3, 0.4) is 0 Å². The molecule has 6 nitrogen and oxygen atoms in total. The molecule has 0 bridgehead atoms. The molecule has 126 valence electrons. The number of ether oxygens (including phenoxy) is 1. The van der Waals surface area contributed by atoms with Gasteiger partial charge in [-0.15, -0.1) is 0 Å². The summed E-state index contributed by atoms with van der Waals surface area (Å²) in [6.07, 6.45) is 5.59. The number of pyridine rings is 2. The Balaban J connectivity index is 1.80. The molecule has 0 saturated heterocycles. The van der Waals surface area contributed by atoms with Crippen LogP contribution in [0.4, 0.5) is 0 Å². The second-order valence-corrected chi connectivity index (χ2v) is 5.58. The van der Waals surface area contributed by atoms with E-state index in [4.69, 9.17) is 4.74 Å². The molecule has 0 aromatic carbocycles. The lowest BCUT2D eigenvalue weighted by molar-refractivity contribution is 0.0986. The molecule has 0 radical (unpaired) electrons. The van der Waals surface area contributed by atoms with Gasteiger partial charge in [0.2, 0.25) is 0 Å². The van der Waals surface area contributed by atoms with Gasteiger partial charge in [0.05, 0.1) is 18.8 Å². The molecule has 25 heavy (non-hydrogen) atoms. The monoisotopic (exact) mass is 334 g/mol. The average molecular weight is 334 g/mol. The fourth-order valence-corrected chi connectivity index (χ4v) is 2.39. The molecule has 0 N–H and O–H groups in total. The molecule has 3 aromatic rings. The lowest BCUT2D eigenvalue weighted by Gasteiger charge is -2.08. The molecule has 0 spiro atoms. The van der Waals surface area contributed by atoms with Crippen molar-refractivity contribution < 1.29 is 9.53 Å². The second kappa shape index (κ2) is 7.61. The van der Waals surface area contributed by atoms with Gasteiger partial charge in [-0.2, -0.15) is 0 Å². The van der Waals surface area contributed by atoms with Crippen molar-refractivity contribution in [1.29, 1.82) is 0 Å². The fourth-order valence-electron chi connectivity index (χ4n) is 2.39. The molecule has 0 aliphatic heterocycles. The number of aryl methyl sites for hydroxylation is 2. The van der Waals surface area contributed by atoms with Crippen molar-refractivity contribution in [2.45, 2.75) is 26.7 Å². The zero-order valence-electron chi connectivity index (χ0n) is 14.1. The Hall–Kier alpha value is -3.15. The Morgan fingerprint density at radius 1 is 1.04 bits per heavy atom. The first-order valence-electron chi connectivity index (χ1n) is 8.03. The highest BCUT2D eigenvalue weighted by Crippen LogP contribution is 2.21. The SMILES string of the molecule is CCc1cccc(CC(=O)c2cc(Oc3cncnc3)cc(C)n2)n1. The van der Waals surface area contributed by atoms with Crippen LogP contribution in [0.25, 0.3) is 0 Å². The summed E-state index contributed by atoms with van der Waals surface area (Å²) >= 11 is 0. The van der Waals surface area contributed by atoms with Crippen molar-refractivity contribution in [3.8, 4) is 11.5 Å². The van der Waals surface area contributed by atoms with E-state index in [0.717, 1.165) is 17.8 Å². The average Bonchev–Trinajstić information content (AvgIpc) is 2.62. The van der Waals surface area contributed by atoms with Gasteiger partial charge in [0, 0.05) is 29.2 Å². The third kappa shape index (κ3) is 4.44. The highest BCUT2D eigenvalue weighted by atomic mass is 16.5. The standard InChI is InChI=1S/C19H18N4O2/c1-3-14-5-4-6-15(23-14)8-19(24)18-9-16(7-13(2)22-18)25-17-10-20-12-21-11-17/h4-7,9-12H,3,8H2,1-2H3. The van der Waals surface area contributed by atoms with Crippen LogP contribution in [0.1, 0.15) is 34.5 Å². The first kappa shape index (κ1) is 16.7. The minimum absolute atomic E-state index is 0.0985. The third-order valence-corrected chi connectivity index (χ3v) is 3.55. The van der Waals surface area contributed by atoms with E-state index in [0.29, 0.717) is 22.9 Å². The predicted octanol–water partition coefficient (Wildman–Crippen LogP) is 3.36. The summed E-state index contributed by atoms with van der Waals surface area (Å²) < 4.78 is 5.70. The van der Waals surface area contributed by atoms with Crippen LogP contribution in [0.5, 0.6) is 11.5 Å². The van der Waals surface area contributed by atoms with Gasteiger partial charge in [-0.3, -0.25) is 9.78 Å². The minimum Gasteiger partial charge on any atom is -0.454 e. The first-order chi connectivity index (χ1) is 12.1. The van der Waals surface area contributed by atoms with Gasteiger partial charge in [0.1, 0.15) is 17.8 Å². The van der Waals surface area contributed by atoms with Crippen LogP contribution in [-0.4, -0.2) is 25.7 Å².